The minimum Gasteiger partial charge on any atom is -0.340 e. The third-order valence-corrected chi connectivity index (χ3v) is 6.90. The number of halogens is 1. The number of sulfonamides is 1. The van der Waals surface area contributed by atoms with Gasteiger partial charge < -0.3 is 10.2 Å². The molecule has 1 heterocycles. The second-order valence-corrected chi connectivity index (χ2v) is 9.90. The largest absolute Gasteiger partial charge is 0.340 e. The van der Waals surface area contributed by atoms with Crippen LogP contribution in [0.2, 0.25) is 5.02 Å². The molecule has 0 radical (unpaired) electrons. The summed E-state index contributed by atoms with van der Waals surface area (Å²) >= 11 is 6.15. The number of rotatable bonds is 6. The number of amides is 2. The van der Waals surface area contributed by atoms with Crippen LogP contribution in [0.3, 0.4) is 0 Å². The van der Waals surface area contributed by atoms with Gasteiger partial charge >= 0.3 is 0 Å². The topological polar surface area (TPSA) is 113 Å². The molecule has 0 spiro atoms. The van der Waals surface area contributed by atoms with Crippen LogP contribution >= 0.6 is 11.6 Å². The van der Waals surface area contributed by atoms with Crippen molar-refractivity contribution < 1.29 is 18.0 Å². The van der Waals surface area contributed by atoms with E-state index in [2.05, 4.69) is 5.32 Å². The Morgan fingerprint density at radius 1 is 1.09 bits per heavy atom. The van der Waals surface area contributed by atoms with Crippen molar-refractivity contribution in [2.75, 3.05) is 38.0 Å². The predicted molar refractivity (Wildman–Crippen MR) is 124 cm³/mol. The molecule has 1 saturated heterocycles. The Labute approximate surface area is 193 Å². The molecule has 2 amide bonds. The summed E-state index contributed by atoms with van der Waals surface area (Å²) in [6.45, 7) is 5.89. The van der Waals surface area contributed by atoms with Gasteiger partial charge in [-0.1, -0.05) is 29.8 Å². The van der Waals surface area contributed by atoms with Gasteiger partial charge in [-0.3, -0.25) is 14.5 Å². The number of carbonyl (C=O) groups excluding carboxylic acids is 2. The molecule has 0 aliphatic carbocycles. The van der Waals surface area contributed by atoms with E-state index in [-0.39, 0.29) is 29.7 Å². The van der Waals surface area contributed by atoms with Crippen molar-refractivity contribution in [3.63, 3.8) is 0 Å². The van der Waals surface area contributed by atoms with Crippen molar-refractivity contribution in [1.29, 1.82) is 0 Å². The average molecular weight is 479 g/mol. The number of aryl methyl sites for hydroxylation is 1. The molecule has 1 aliphatic heterocycles. The van der Waals surface area contributed by atoms with Gasteiger partial charge in [0.15, 0.2) is 0 Å². The minimum absolute atomic E-state index is 0.00751. The fourth-order valence-electron chi connectivity index (χ4n) is 3.59. The van der Waals surface area contributed by atoms with Crippen LogP contribution in [0, 0.1) is 13.8 Å². The molecule has 3 rings (SSSR count). The number of anilines is 1. The van der Waals surface area contributed by atoms with E-state index in [0.717, 1.165) is 16.7 Å². The molecule has 1 aliphatic rings. The number of hydrogen-bond acceptors (Lipinski definition) is 5. The number of carbonyl (C=O) groups is 2. The highest BCUT2D eigenvalue weighted by Crippen LogP contribution is 2.23. The summed E-state index contributed by atoms with van der Waals surface area (Å²) in [4.78, 5) is 28.8. The first-order valence-corrected chi connectivity index (χ1v) is 12.1. The molecular weight excluding hydrogens is 452 g/mol. The predicted octanol–water partition coefficient (Wildman–Crippen LogP) is 1.93. The second-order valence-electron chi connectivity index (χ2n) is 7.93. The number of primary sulfonamides is 1. The van der Waals surface area contributed by atoms with E-state index in [4.69, 9.17) is 16.7 Å². The Kier molecular flexibility index (Phi) is 7.55. The van der Waals surface area contributed by atoms with Crippen molar-refractivity contribution in [3.8, 4) is 0 Å². The SMILES string of the molecule is Cc1cc(S(N)(=O)=O)cc(NC(=O)CN2CCN(C(=O)Cc3ccccc3Cl)CC2)c1C. The Bertz CT molecular complexity index is 1130. The number of hydrogen-bond donors (Lipinski definition) is 2. The summed E-state index contributed by atoms with van der Waals surface area (Å²) in [5.41, 5.74) is 2.72. The van der Waals surface area contributed by atoms with Gasteiger partial charge in [-0.25, -0.2) is 13.6 Å². The van der Waals surface area contributed by atoms with Gasteiger partial charge in [0.05, 0.1) is 17.9 Å². The number of nitrogens with zero attached hydrogens (tertiary/aromatic N) is 2. The van der Waals surface area contributed by atoms with Crippen LogP contribution in [0.1, 0.15) is 16.7 Å². The molecule has 1 fully saturated rings. The van der Waals surface area contributed by atoms with Crippen LogP contribution in [0.25, 0.3) is 0 Å². The normalized spacial score (nSPS) is 14.9. The molecule has 10 heteroatoms. The highest BCUT2D eigenvalue weighted by atomic mass is 35.5. The molecule has 2 aromatic rings. The van der Waals surface area contributed by atoms with E-state index in [1.807, 2.05) is 23.1 Å². The summed E-state index contributed by atoms with van der Waals surface area (Å²) in [6.07, 6.45) is 0.249. The lowest BCUT2D eigenvalue weighted by atomic mass is 10.1. The third kappa shape index (κ3) is 6.07. The Balaban J connectivity index is 1.54. The van der Waals surface area contributed by atoms with Gasteiger partial charge in [0.1, 0.15) is 0 Å². The molecule has 8 nitrogen and oxygen atoms in total. The van der Waals surface area contributed by atoms with E-state index >= 15 is 0 Å². The highest BCUT2D eigenvalue weighted by molar-refractivity contribution is 7.89. The number of benzene rings is 2. The molecule has 0 aromatic heterocycles. The van der Waals surface area contributed by atoms with Crippen molar-refractivity contribution in [1.82, 2.24) is 9.80 Å². The van der Waals surface area contributed by atoms with Gasteiger partial charge in [0.25, 0.3) is 0 Å². The Morgan fingerprint density at radius 3 is 2.38 bits per heavy atom. The molecule has 2 aromatic carbocycles. The van der Waals surface area contributed by atoms with Crippen LogP contribution in [0.5, 0.6) is 0 Å². The van der Waals surface area contributed by atoms with E-state index in [9.17, 15) is 18.0 Å². The van der Waals surface area contributed by atoms with Crippen molar-refractivity contribution in [2.45, 2.75) is 25.2 Å². The van der Waals surface area contributed by atoms with Crippen molar-refractivity contribution in [3.05, 3.63) is 58.1 Å². The molecule has 172 valence electrons. The summed E-state index contributed by atoms with van der Waals surface area (Å²) in [6, 6.07) is 10.2. The van der Waals surface area contributed by atoms with Crippen LogP contribution < -0.4 is 10.5 Å². The zero-order chi connectivity index (χ0) is 23.5. The lowest BCUT2D eigenvalue weighted by molar-refractivity contribution is -0.132. The van der Waals surface area contributed by atoms with Crippen molar-refractivity contribution >= 4 is 39.1 Å². The van der Waals surface area contributed by atoms with Crippen LogP contribution in [-0.2, 0) is 26.0 Å². The van der Waals surface area contributed by atoms with Gasteiger partial charge in [0, 0.05) is 36.9 Å². The lowest BCUT2D eigenvalue weighted by Gasteiger charge is -2.34. The Morgan fingerprint density at radius 2 is 1.75 bits per heavy atom. The minimum atomic E-state index is -3.87. The fraction of sp³-hybridized carbons (Fsp3) is 0.364. The molecule has 0 unspecified atom stereocenters. The fourth-order valence-corrected chi connectivity index (χ4v) is 4.41. The van der Waals surface area contributed by atoms with E-state index in [1.54, 1.807) is 24.8 Å². The molecule has 32 heavy (non-hydrogen) atoms. The van der Waals surface area contributed by atoms with Crippen molar-refractivity contribution in [2.24, 2.45) is 5.14 Å². The second kappa shape index (κ2) is 9.99. The van der Waals surface area contributed by atoms with Crippen LogP contribution in [-0.4, -0.2) is 62.8 Å². The third-order valence-electron chi connectivity index (χ3n) is 5.64. The van der Waals surface area contributed by atoms with E-state index < -0.39 is 10.0 Å². The summed E-state index contributed by atoms with van der Waals surface area (Å²) < 4.78 is 23.4. The maximum Gasteiger partial charge on any atom is 0.238 e. The number of nitrogens with one attached hydrogen (secondary N) is 1. The molecule has 0 atom stereocenters. The Hall–Kier alpha value is -2.46. The van der Waals surface area contributed by atoms with Gasteiger partial charge in [-0.15, -0.1) is 0 Å². The molecule has 0 saturated carbocycles. The average Bonchev–Trinajstić information content (AvgIpc) is 2.72. The van der Waals surface area contributed by atoms with E-state index in [0.29, 0.717) is 36.9 Å². The zero-order valence-electron chi connectivity index (χ0n) is 18.1. The number of nitrogens with two attached hydrogens (primary N) is 1. The van der Waals surface area contributed by atoms with Crippen LogP contribution in [0.4, 0.5) is 5.69 Å². The maximum absolute atomic E-state index is 12.6. The first-order chi connectivity index (χ1) is 15.0. The highest BCUT2D eigenvalue weighted by Gasteiger charge is 2.23. The number of piperazine rings is 1. The zero-order valence-corrected chi connectivity index (χ0v) is 19.7. The smallest absolute Gasteiger partial charge is 0.238 e. The first-order valence-electron chi connectivity index (χ1n) is 10.2. The molecule has 0 bridgehead atoms. The van der Waals surface area contributed by atoms with Gasteiger partial charge in [0.2, 0.25) is 21.8 Å². The van der Waals surface area contributed by atoms with Crippen LogP contribution in [0.15, 0.2) is 41.3 Å². The molecule has 3 N–H and O–H groups in total. The maximum atomic E-state index is 12.6. The van der Waals surface area contributed by atoms with Gasteiger partial charge in [-0.2, -0.15) is 0 Å². The quantitative estimate of drug-likeness (QED) is 0.658. The van der Waals surface area contributed by atoms with Gasteiger partial charge in [-0.05, 0) is 48.7 Å². The summed E-state index contributed by atoms with van der Waals surface area (Å²) in [5, 5.41) is 8.60. The summed E-state index contributed by atoms with van der Waals surface area (Å²) in [7, 11) is -3.87. The first kappa shape index (κ1) is 24.2. The molecular formula is C22H27ClN4O4S. The summed E-state index contributed by atoms with van der Waals surface area (Å²) in [5.74, 6) is -0.247. The van der Waals surface area contributed by atoms with E-state index in [1.165, 1.54) is 12.1 Å². The monoisotopic (exact) mass is 478 g/mol. The lowest BCUT2D eigenvalue weighted by Crippen LogP contribution is -2.50. The standard InChI is InChI=1S/C22H27ClN4O4S/c1-15-11-18(32(24,30)31)13-20(16(15)2)25-21(28)14-26-7-9-27(10-8-26)22(29)12-17-5-3-4-6-19(17)23/h3-6,11,13H,7-10,12,14H2,1-2H3,(H,25,28)(H2,24,30,31).